The number of hydrogen-bond acceptors (Lipinski definition) is 11. The molecule has 0 fully saturated rings. The number of H-pyrrole nitrogens is 2. The minimum absolute atomic E-state index is 0.0651. The average Bonchev–Trinajstić information content (AvgIpc) is 3.16. The Morgan fingerprint density at radius 1 is 0.673 bits per heavy atom. The predicted molar refractivity (Wildman–Crippen MR) is 205 cm³/mol. The number of nitrogens with one attached hydrogen (secondary N) is 3. The lowest BCUT2D eigenvalue weighted by molar-refractivity contribution is 0.0514. The van der Waals surface area contributed by atoms with Gasteiger partial charge in [0.05, 0.1) is 19.4 Å². The van der Waals surface area contributed by atoms with Crippen LogP contribution in [0.2, 0.25) is 0 Å². The van der Waals surface area contributed by atoms with Crippen LogP contribution < -0.4 is 22.2 Å². The van der Waals surface area contributed by atoms with E-state index in [2.05, 4.69) is 42.1 Å². The number of hydrogen-bond donors (Lipinski definition) is 4. The monoisotopic (exact) mass is 718 g/mol. The molecule has 0 saturated carbocycles. The van der Waals surface area contributed by atoms with Crippen molar-refractivity contribution >= 4 is 41.0 Å². The van der Waals surface area contributed by atoms with Crippen molar-refractivity contribution in [1.82, 2.24) is 19.9 Å². The fourth-order valence-electron chi connectivity index (χ4n) is 4.62. The average molecular weight is 719 g/mol. The molecular formula is C39H38N6O6S. The summed E-state index contributed by atoms with van der Waals surface area (Å²) in [5, 5.41) is 3.57. The summed E-state index contributed by atoms with van der Waals surface area (Å²) in [6, 6.07) is 35.6. The predicted octanol–water partition coefficient (Wildman–Crippen LogP) is 6.96. The van der Waals surface area contributed by atoms with E-state index >= 15 is 0 Å². The maximum atomic E-state index is 12.1. The minimum Gasteiger partial charge on any atom is -0.462 e. The first-order chi connectivity index (χ1) is 25.2. The van der Waals surface area contributed by atoms with Gasteiger partial charge in [-0.25, -0.2) is 19.6 Å². The van der Waals surface area contributed by atoms with Crippen LogP contribution >= 0.6 is 11.8 Å². The highest BCUT2D eigenvalue weighted by Crippen LogP contribution is 2.29. The summed E-state index contributed by atoms with van der Waals surface area (Å²) in [7, 11) is 0. The fourth-order valence-corrected chi connectivity index (χ4v) is 4.97. The van der Waals surface area contributed by atoms with Crippen LogP contribution in [0.25, 0.3) is 22.3 Å². The van der Waals surface area contributed by atoms with E-state index in [4.69, 9.17) is 10.5 Å². The van der Waals surface area contributed by atoms with Crippen LogP contribution in [0, 0.1) is 0 Å². The van der Waals surface area contributed by atoms with Crippen LogP contribution in [0.15, 0.2) is 136 Å². The maximum absolute atomic E-state index is 12.1. The molecule has 4 aromatic carbocycles. The lowest BCUT2D eigenvalue weighted by atomic mass is 10.0. The smallest absolute Gasteiger partial charge is 0.345 e. The number of rotatable bonds is 9. The van der Waals surface area contributed by atoms with Crippen molar-refractivity contribution in [2.45, 2.75) is 19.0 Å². The molecule has 0 aliphatic heterocycles. The van der Waals surface area contributed by atoms with Gasteiger partial charge in [0, 0.05) is 28.7 Å². The normalized spacial score (nSPS) is 10.1. The second-order valence-corrected chi connectivity index (χ2v) is 11.3. The van der Waals surface area contributed by atoms with E-state index < -0.39 is 23.1 Å². The lowest BCUT2D eigenvalue weighted by Crippen LogP contribution is -2.21. The Balaban J connectivity index is 0.000000190. The molecule has 2 aromatic heterocycles. The van der Waals surface area contributed by atoms with Gasteiger partial charge in [0.2, 0.25) is 5.95 Å². The number of carbonyl (C=O) groups excluding carboxylic acids is 2. The third-order valence-electron chi connectivity index (χ3n) is 7.07. The second kappa shape index (κ2) is 19.6. The lowest BCUT2D eigenvalue weighted by Gasteiger charge is -2.11. The van der Waals surface area contributed by atoms with E-state index in [0.29, 0.717) is 5.16 Å². The van der Waals surface area contributed by atoms with Gasteiger partial charge >= 0.3 is 11.9 Å². The van der Waals surface area contributed by atoms with Crippen LogP contribution in [0.1, 0.15) is 34.6 Å². The summed E-state index contributed by atoms with van der Waals surface area (Å²) >= 11 is 1.30. The number of ether oxygens (including phenoxy) is 2. The SMILES string of the molecule is CCOC(=O)c1cnc(Nc2ccccc2-c2ccccc2)[nH]c1=O.CCOC(=O)c1cnc(SC)[nH]c1=O.Nc1ccccc1-c1ccccc1. The Hall–Kier alpha value is -6.47. The molecular weight excluding hydrogens is 681 g/mol. The molecule has 0 bridgehead atoms. The van der Waals surface area contributed by atoms with E-state index in [1.165, 1.54) is 29.7 Å². The van der Waals surface area contributed by atoms with Gasteiger partial charge in [0.25, 0.3) is 11.1 Å². The van der Waals surface area contributed by atoms with Gasteiger partial charge in [-0.05, 0) is 43.4 Å². The molecule has 0 radical (unpaired) electrons. The standard InChI is InChI=1S/C19H17N3O3.C12H11N.C8H10N2O3S/c1-2-25-18(24)15-12-20-19(22-17(15)23)21-16-11-7-6-10-14(16)13-8-4-3-5-9-13;13-12-9-5-4-8-11(12)10-6-2-1-3-7-10;1-3-13-7(12)5-4-9-8(14-2)10-6(5)11/h3-12H,2H2,1H3,(H2,20,21,22,23);1-9H,13H2;4H,3H2,1-2H3,(H,9,10,11). The van der Waals surface area contributed by atoms with E-state index in [1.54, 1.807) is 20.1 Å². The molecule has 12 nitrogen and oxygen atoms in total. The molecule has 0 saturated heterocycles. The van der Waals surface area contributed by atoms with Crippen LogP contribution in [0.4, 0.5) is 17.3 Å². The molecule has 0 atom stereocenters. The van der Waals surface area contributed by atoms with Crippen molar-refractivity contribution in [3.8, 4) is 22.3 Å². The summed E-state index contributed by atoms with van der Waals surface area (Å²) in [5.74, 6) is -1.08. The van der Waals surface area contributed by atoms with Crippen molar-refractivity contribution in [3.05, 3.63) is 153 Å². The van der Waals surface area contributed by atoms with Crippen molar-refractivity contribution in [2.24, 2.45) is 0 Å². The Kier molecular flexibility index (Phi) is 14.5. The first-order valence-corrected chi connectivity index (χ1v) is 17.4. The summed E-state index contributed by atoms with van der Waals surface area (Å²) in [6.07, 6.45) is 4.22. The Morgan fingerprint density at radius 2 is 1.15 bits per heavy atom. The number of nitrogen functional groups attached to an aromatic ring is 1. The highest BCUT2D eigenvalue weighted by molar-refractivity contribution is 7.98. The molecule has 52 heavy (non-hydrogen) atoms. The molecule has 0 amide bonds. The van der Waals surface area contributed by atoms with Gasteiger partial charge in [-0.2, -0.15) is 0 Å². The summed E-state index contributed by atoms with van der Waals surface area (Å²) in [4.78, 5) is 59.2. The van der Waals surface area contributed by atoms with E-state index in [9.17, 15) is 19.2 Å². The van der Waals surface area contributed by atoms with Gasteiger partial charge in [0.15, 0.2) is 5.16 Å². The molecule has 6 rings (SSSR count). The maximum Gasteiger partial charge on any atom is 0.345 e. The van der Waals surface area contributed by atoms with Crippen LogP contribution in [-0.4, -0.2) is 51.3 Å². The molecule has 0 spiro atoms. The summed E-state index contributed by atoms with van der Waals surface area (Å²) in [6.45, 7) is 3.79. The third-order valence-corrected chi connectivity index (χ3v) is 7.66. The number of para-hydroxylation sites is 2. The first kappa shape index (κ1) is 38.3. The molecule has 2 heterocycles. The van der Waals surface area contributed by atoms with Crippen LogP contribution in [0.3, 0.4) is 0 Å². The molecule has 266 valence electrons. The number of nitrogens with zero attached hydrogens (tertiary/aromatic N) is 2. The topological polar surface area (TPSA) is 182 Å². The quantitative estimate of drug-likeness (QED) is 0.0525. The van der Waals surface area contributed by atoms with E-state index in [-0.39, 0.29) is 30.3 Å². The second-order valence-electron chi connectivity index (χ2n) is 10.5. The van der Waals surface area contributed by atoms with Crippen LogP contribution in [-0.2, 0) is 9.47 Å². The highest BCUT2D eigenvalue weighted by atomic mass is 32.2. The first-order valence-electron chi connectivity index (χ1n) is 16.1. The minimum atomic E-state index is -0.688. The number of aromatic amines is 2. The van der Waals surface area contributed by atoms with Crippen molar-refractivity contribution in [1.29, 1.82) is 0 Å². The van der Waals surface area contributed by atoms with Crippen molar-refractivity contribution in [2.75, 3.05) is 30.5 Å². The molecule has 0 aliphatic carbocycles. The number of nitrogens with two attached hydrogens (primary N) is 1. The van der Waals surface area contributed by atoms with Gasteiger partial charge in [-0.3, -0.25) is 14.6 Å². The highest BCUT2D eigenvalue weighted by Gasteiger charge is 2.14. The zero-order valence-corrected chi connectivity index (χ0v) is 29.6. The summed E-state index contributed by atoms with van der Waals surface area (Å²) in [5.41, 5.74) is 10.5. The zero-order chi connectivity index (χ0) is 37.3. The number of aromatic nitrogens is 4. The summed E-state index contributed by atoms with van der Waals surface area (Å²) < 4.78 is 9.50. The Morgan fingerprint density at radius 3 is 1.67 bits per heavy atom. The van der Waals surface area contributed by atoms with Gasteiger partial charge in [-0.15, -0.1) is 0 Å². The Labute approximate surface area is 304 Å². The fraction of sp³-hybridized carbons (Fsp3) is 0.128. The van der Waals surface area contributed by atoms with Crippen molar-refractivity contribution in [3.63, 3.8) is 0 Å². The number of esters is 2. The molecule has 13 heteroatoms. The number of benzene rings is 4. The molecule has 0 unspecified atom stereocenters. The number of thioether (sulfide) groups is 1. The largest absolute Gasteiger partial charge is 0.462 e. The number of carbonyl (C=O) groups is 2. The van der Waals surface area contributed by atoms with Crippen molar-refractivity contribution < 1.29 is 19.1 Å². The molecule has 6 aromatic rings. The molecule has 0 aliphatic rings. The van der Waals surface area contributed by atoms with Gasteiger partial charge in [-0.1, -0.05) is 109 Å². The van der Waals surface area contributed by atoms with E-state index in [1.807, 2.05) is 97.1 Å². The zero-order valence-electron chi connectivity index (χ0n) is 28.8. The van der Waals surface area contributed by atoms with E-state index in [0.717, 1.165) is 28.1 Å². The third kappa shape index (κ3) is 10.8. The van der Waals surface area contributed by atoms with Gasteiger partial charge < -0.3 is 25.5 Å². The Bertz CT molecular complexity index is 2190. The van der Waals surface area contributed by atoms with Gasteiger partial charge in [0.1, 0.15) is 11.1 Å². The molecule has 5 N–H and O–H groups in total. The number of anilines is 3. The van der Waals surface area contributed by atoms with Crippen LogP contribution in [0.5, 0.6) is 0 Å².